The zero-order valence-electron chi connectivity index (χ0n) is 27.2. The number of aryl methyl sites for hydroxylation is 3. The Labute approximate surface area is 278 Å². The maximum absolute atomic E-state index is 14.6. The molecule has 0 radical (unpaired) electrons. The Morgan fingerprint density at radius 3 is 2.07 bits per heavy atom. The van der Waals surface area contributed by atoms with Gasteiger partial charge in [-0.3, -0.25) is 13.9 Å². The molecule has 0 unspecified atom stereocenters. The highest BCUT2D eigenvalue weighted by molar-refractivity contribution is 7.92. The Hall–Kier alpha value is -4.14. The lowest BCUT2D eigenvalue weighted by Gasteiger charge is -2.35. The van der Waals surface area contributed by atoms with E-state index >= 15 is 0 Å². The minimum atomic E-state index is -4.22. The van der Waals surface area contributed by atoms with Crippen LogP contribution in [0, 0.1) is 20.8 Å². The molecular weight excluding hydrogens is 618 g/mol. The average molecular weight is 660 g/mol. The van der Waals surface area contributed by atoms with Crippen LogP contribution in [0.3, 0.4) is 0 Å². The monoisotopic (exact) mass is 659 g/mol. The normalized spacial score (nSPS) is 12.3. The van der Waals surface area contributed by atoms with Crippen LogP contribution in [0.4, 0.5) is 5.69 Å². The van der Waals surface area contributed by atoms with Gasteiger partial charge in [0.25, 0.3) is 10.0 Å². The molecule has 0 bridgehead atoms. The molecular formula is C37H42ClN3O4S. The predicted octanol–water partition coefficient (Wildman–Crippen LogP) is 7.02. The van der Waals surface area contributed by atoms with Gasteiger partial charge in [-0.25, -0.2) is 8.42 Å². The summed E-state index contributed by atoms with van der Waals surface area (Å²) in [7, 11) is -4.22. The molecule has 1 atom stereocenters. The molecule has 0 heterocycles. The minimum absolute atomic E-state index is 0.0409. The summed E-state index contributed by atoms with van der Waals surface area (Å²) in [6.07, 6.45) is 0.237. The maximum atomic E-state index is 14.6. The lowest BCUT2D eigenvalue weighted by molar-refractivity contribution is -0.140. The Morgan fingerprint density at radius 1 is 0.804 bits per heavy atom. The fourth-order valence-electron chi connectivity index (χ4n) is 5.12. The van der Waals surface area contributed by atoms with Gasteiger partial charge in [-0.15, -0.1) is 0 Å². The second-order valence-corrected chi connectivity index (χ2v) is 15.0. The molecule has 242 valence electrons. The molecule has 46 heavy (non-hydrogen) atoms. The smallest absolute Gasteiger partial charge is 0.264 e. The number of sulfonamides is 1. The minimum Gasteiger partial charge on any atom is -0.350 e. The molecule has 0 aliphatic heterocycles. The summed E-state index contributed by atoms with van der Waals surface area (Å²) in [6, 6.07) is 27.7. The van der Waals surface area contributed by atoms with E-state index in [0.29, 0.717) is 5.02 Å². The fourth-order valence-corrected chi connectivity index (χ4v) is 6.70. The van der Waals surface area contributed by atoms with Crippen LogP contribution in [-0.2, 0) is 32.6 Å². The number of rotatable bonds is 11. The van der Waals surface area contributed by atoms with Crippen molar-refractivity contribution < 1.29 is 18.0 Å². The van der Waals surface area contributed by atoms with Crippen molar-refractivity contribution in [1.82, 2.24) is 10.2 Å². The summed E-state index contributed by atoms with van der Waals surface area (Å²) in [4.78, 5) is 30.1. The van der Waals surface area contributed by atoms with Crippen LogP contribution in [0.15, 0.2) is 102 Å². The van der Waals surface area contributed by atoms with Crippen molar-refractivity contribution >= 4 is 39.1 Å². The number of carbonyl (C=O) groups excluding carboxylic acids is 2. The first-order valence-corrected chi connectivity index (χ1v) is 17.0. The van der Waals surface area contributed by atoms with Crippen LogP contribution >= 0.6 is 11.6 Å². The van der Waals surface area contributed by atoms with Crippen LogP contribution in [0.25, 0.3) is 0 Å². The average Bonchev–Trinajstić information content (AvgIpc) is 2.99. The molecule has 0 aromatic heterocycles. The number of nitrogens with one attached hydrogen (secondary N) is 1. The van der Waals surface area contributed by atoms with E-state index in [2.05, 4.69) is 5.32 Å². The molecule has 4 aromatic rings. The largest absolute Gasteiger partial charge is 0.350 e. The second-order valence-electron chi connectivity index (χ2n) is 12.7. The van der Waals surface area contributed by atoms with Crippen LogP contribution in [0.5, 0.6) is 0 Å². The van der Waals surface area contributed by atoms with Crippen LogP contribution < -0.4 is 9.62 Å². The van der Waals surface area contributed by atoms with Crippen molar-refractivity contribution in [3.05, 3.63) is 130 Å². The lowest BCUT2D eigenvalue weighted by Crippen LogP contribution is -2.56. The van der Waals surface area contributed by atoms with E-state index in [-0.39, 0.29) is 29.5 Å². The number of carbonyl (C=O) groups is 2. The van der Waals surface area contributed by atoms with Crippen molar-refractivity contribution in [3.63, 3.8) is 0 Å². The van der Waals surface area contributed by atoms with Gasteiger partial charge < -0.3 is 10.2 Å². The highest BCUT2D eigenvalue weighted by atomic mass is 35.5. The Kier molecular flexibility index (Phi) is 11.0. The van der Waals surface area contributed by atoms with E-state index in [1.165, 1.54) is 17.0 Å². The van der Waals surface area contributed by atoms with Gasteiger partial charge in [-0.05, 0) is 82.5 Å². The first-order valence-electron chi connectivity index (χ1n) is 15.2. The quantitative estimate of drug-likeness (QED) is 0.188. The Morgan fingerprint density at radius 2 is 1.46 bits per heavy atom. The fraction of sp³-hybridized carbons (Fsp3) is 0.297. The number of hydrogen-bond donors (Lipinski definition) is 1. The predicted molar refractivity (Wildman–Crippen MR) is 185 cm³/mol. The standard InChI is InChI=1S/C37H42ClN3O4S/c1-26-15-19-32(20-16-26)46(44,45)41(31-18-17-28(3)33(38)23-31)25-35(42)40(24-30-14-10-11-27(2)21-30)34(36(43)39-37(4,5)6)22-29-12-8-7-9-13-29/h7-21,23,34H,22,24-25H2,1-6H3,(H,39,43)/t34-/m1/s1. The molecule has 0 aliphatic rings. The first-order chi connectivity index (χ1) is 21.6. The van der Waals surface area contributed by atoms with E-state index in [1.807, 2.05) is 96.1 Å². The topological polar surface area (TPSA) is 86.8 Å². The van der Waals surface area contributed by atoms with Crippen molar-refractivity contribution in [2.45, 2.75) is 71.0 Å². The van der Waals surface area contributed by atoms with Gasteiger partial charge in [0.15, 0.2) is 0 Å². The SMILES string of the molecule is Cc1ccc(S(=O)(=O)N(CC(=O)N(Cc2cccc(C)c2)[C@H](Cc2ccccc2)C(=O)NC(C)(C)C)c2ccc(C)c(Cl)c2)cc1. The summed E-state index contributed by atoms with van der Waals surface area (Å²) in [5, 5.41) is 3.42. The number of benzene rings is 4. The third-order valence-electron chi connectivity index (χ3n) is 7.54. The zero-order valence-corrected chi connectivity index (χ0v) is 28.8. The molecule has 4 aromatic carbocycles. The van der Waals surface area contributed by atoms with E-state index in [1.54, 1.807) is 30.3 Å². The highest BCUT2D eigenvalue weighted by Crippen LogP contribution is 2.29. The van der Waals surface area contributed by atoms with E-state index in [9.17, 15) is 18.0 Å². The molecule has 9 heteroatoms. The van der Waals surface area contributed by atoms with Crippen LogP contribution in [0.1, 0.15) is 48.6 Å². The van der Waals surface area contributed by atoms with Gasteiger partial charge >= 0.3 is 0 Å². The summed E-state index contributed by atoms with van der Waals surface area (Å²) < 4.78 is 29.5. The molecule has 1 N–H and O–H groups in total. The third kappa shape index (κ3) is 8.98. The van der Waals surface area contributed by atoms with Gasteiger partial charge in [0.2, 0.25) is 11.8 Å². The van der Waals surface area contributed by atoms with Crippen LogP contribution in [0.2, 0.25) is 5.02 Å². The number of halogens is 1. The number of amides is 2. The van der Waals surface area contributed by atoms with Gasteiger partial charge in [-0.1, -0.05) is 95.5 Å². The Balaban J connectivity index is 1.84. The summed E-state index contributed by atoms with van der Waals surface area (Å²) in [5.41, 5.74) is 4.05. The maximum Gasteiger partial charge on any atom is 0.264 e. The molecule has 0 aliphatic carbocycles. The van der Waals surface area contributed by atoms with Gasteiger partial charge in [0, 0.05) is 23.5 Å². The highest BCUT2D eigenvalue weighted by Gasteiger charge is 2.35. The van der Waals surface area contributed by atoms with E-state index in [4.69, 9.17) is 11.6 Å². The zero-order chi connectivity index (χ0) is 33.6. The summed E-state index contributed by atoms with van der Waals surface area (Å²) in [6.45, 7) is 10.9. The molecule has 0 saturated heterocycles. The van der Waals surface area contributed by atoms with Gasteiger partial charge in [0.1, 0.15) is 12.6 Å². The first kappa shape index (κ1) is 34.7. The summed E-state index contributed by atoms with van der Waals surface area (Å²) in [5.74, 6) is -0.859. The molecule has 7 nitrogen and oxygen atoms in total. The molecule has 0 spiro atoms. The van der Waals surface area contributed by atoms with Gasteiger partial charge in [0.05, 0.1) is 10.6 Å². The van der Waals surface area contributed by atoms with E-state index in [0.717, 1.165) is 32.1 Å². The second kappa shape index (κ2) is 14.5. The molecule has 4 rings (SSSR count). The Bertz CT molecular complexity index is 1790. The van der Waals surface area contributed by atoms with E-state index < -0.39 is 34.1 Å². The van der Waals surface area contributed by atoms with Crippen molar-refractivity contribution in [3.8, 4) is 0 Å². The van der Waals surface area contributed by atoms with Crippen molar-refractivity contribution in [2.24, 2.45) is 0 Å². The number of nitrogens with zero attached hydrogens (tertiary/aromatic N) is 2. The lowest BCUT2D eigenvalue weighted by atomic mass is 10.0. The molecule has 0 saturated carbocycles. The number of anilines is 1. The van der Waals surface area contributed by atoms with Crippen LogP contribution in [-0.4, -0.2) is 43.3 Å². The molecule has 2 amide bonds. The van der Waals surface area contributed by atoms with Gasteiger partial charge in [-0.2, -0.15) is 0 Å². The third-order valence-corrected chi connectivity index (χ3v) is 9.73. The molecule has 0 fully saturated rings. The van der Waals surface area contributed by atoms with Crippen molar-refractivity contribution in [2.75, 3.05) is 10.8 Å². The van der Waals surface area contributed by atoms with Crippen molar-refractivity contribution in [1.29, 1.82) is 0 Å². The number of hydrogen-bond acceptors (Lipinski definition) is 4. The summed E-state index contributed by atoms with van der Waals surface area (Å²) >= 11 is 6.47.